The molecule has 1 aliphatic rings. The number of halogens is 1. The SMILES string of the molecule is CCCCCCN1C(Cl)C=CS1=O. The third-order valence-corrected chi connectivity index (χ3v) is 3.85. The van der Waals surface area contributed by atoms with Crippen LogP contribution in [-0.4, -0.2) is 20.6 Å². The van der Waals surface area contributed by atoms with E-state index in [0.29, 0.717) is 0 Å². The fourth-order valence-corrected chi connectivity index (χ4v) is 2.82. The van der Waals surface area contributed by atoms with Gasteiger partial charge in [-0.3, -0.25) is 0 Å². The summed E-state index contributed by atoms with van der Waals surface area (Å²) in [6.07, 6.45) is 6.56. The van der Waals surface area contributed by atoms with Gasteiger partial charge < -0.3 is 0 Å². The topological polar surface area (TPSA) is 20.3 Å². The van der Waals surface area contributed by atoms with E-state index in [2.05, 4.69) is 6.92 Å². The Hall–Kier alpha value is 0.140. The summed E-state index contributed by atoms with van der Waals surface area (Å²) in [4.78, 5) is 0. The smallest absolute Gasteiger partial charge is 0.121 e. The first-order valence-electron chi connectivity index (χ1n) is 4.75. The number of hydrogen-bond acceptors (Lipinski definition) is 1. The Labute approximate surface area is 87.5 Å². The van der Waals surface area contributed by atoms with Gasteiger partial charge in [-0.05, 0) is 12.5 Å². The van der Waals surface area contributed by atoms with Crippen molar-refractivity contribution in [2.24, 2.45) is 0 Å². The monoisotopic (exact) mass is 221 g/mol. The molecule has 2 nitrogen and oxygen atoms in total. The van der Waals surface area contributed by atoms with Crippen LogP contribution in [0.4, 0.5) is 0 Å². The maximum atomic E-state index is 11.3. The highest BCUT2D eigenvalue weighted by atomic mass is 35.5. The molecular weight excluding hydrogens is 206 g/mol. The second-order valence-electron chi connectivity index (χ2n) is 3.18. The van der Waals surface area contributed by atoms with E-state index in [-0.39, 0.29) is 5.50 Å². The molecular formula is C9H16ClNOS. The van der Waals surface area contributed by atoms with Crippen molar-refractivity contribution in [2.45, 2.75) is 38.1 Å². The highest BCUT2D eigenvalue weighted by Crippen LogP contribution is 2.18. The summed E-state index contributed by atoms with van der Waals surface area (Å²) < 4.78 is 13.1. The van der Waals surface area contributed by atoms with Gasteiger partial charge in [0.15, 0.2) is 0 Å². The van der Waals surface area contributed by atoms with Crippen LogP contribution in [0.25, 0.3) is 0 Å². The Morgan fingerprint density at radius 1 is 1.46 bits per heavy atom. The van der Waals surface area contributed by atoms with Crippen LogP contribution in [0.1, 0.15) is 32.6 Å². The molecule has 13 heavy (non-hydrogen) atoms. The molecule has 2 unspecified atom stereocenters. The summed E-state index contributed by atoms with van der Waals surface area (Å²) in [5.41, 5.74) is -0.164. The van der Waals surface area contributed by atoms with Crippen LogP contribution < -0.4 is 0 Å². The number of alkyl halides is 1. The van der Waals surface area contributed by atoms with E-state index >= 15 is 0 Å². The molecule has 1 aliphatic heterocycles. The van der Waals surface area contributed by atoms with E-state index < -0.39 is 11.0 Å². The molecule has 0 aromatic carbocycles. The number of hydrogen-bond donors (Lipinski definition) is 0. The minimum atomic E-state index is -0.975. The van der Waals surface area contributed by atoms with Crippen LogP contribution in [0, 0.1) is 0 Å². The molecule has 1 rings (SSSR count). The molecule has 0 spiro atoms. The maximum Gasteiger partial charge on any atom is 0.121 e. The first kappa shape index (κ1) is 11.2. The molecule has 0 aromatic heterocycles. The van der Waals surface area contributed by atoms with Crippen LogP contribution >= 0.6 is 11.6 Å². The summed E-state index contributed by atoms with van der Waals surface area (Å²) in [5.74, 6) is 0. The second-order valence-corrected chi connectivity index (χ2v) is 4.92. The lowest BCUT2D eigenvalue weighted by molar-refractivity contribution is 0.446. The zero-order chi connectivity index (χ0) is 9.68. The molecule has 0 amide bonds. The van der Waals surface area contributed by atoms with Crippen LogP contribution in [0.2, 0.25) is 0 Å². The molecule has 0 aromatic rings. The largest absolute Gasteiger partial charge is 0.238 e. The average Bonchev–Trinajstić information content (AvgIpc) is 2.42. The van der Waals surface area contributed by atoms with Gasteiger partial charge in [0.2, 0.25) is 0 Å². The Morgan fingerprint density at radius 2 is 2.23 bits per heavy atom. The van der Waals surface area contributed by atoms with Crippen molar-refractivity contribution in [1.29, 1.82) is 0 Å². The molecule has 1 heterocycles. The average molecular weight is 222 g/mol. The van der Waals surface area contributed by atoms with E-state index in [1.807, 2.05) is 4.31 Å². The van der Waals surface area contributed by atoms with E-state index in [1.165, 1.54) is 19.3 Å². The predicted octanol–water partition coefficient (Wildman–Crippen LogP) is 2.62. The van der Waals surface area contributed by atoms with Gasteiger partial charge in [-0.25, -0.2) is 4.21 Å². The highest BCUT2D eigenvalue weighted by molar-refractivity contribution is 7.86. The molecule has 4 heteroatoms. The fourth-order valence-electron chi connectivity index (χ4n) is 1.31. The lowest BCUT2D eigenvalue weighted by Gasteiger charge is -2.16. The summed E-state index contributed by atoms with van der Waals surface area (Å²) in [6.45, 7) is 3.02. The molecule has 0 radical (unpaired) electrons. The van der Waals surface area contributed by atoms with Gasteiger partial charge in [-0.1, -0.05) is 37.8 Å². The molecule has 2 atom stereocenters. The lowest BCUT2D eigenvalue weighted by atomic mass is 10.2. The second kappa shape index (κ2) is 5.78. The molecule has 0 aliphatic carbocycles. The van der Waals surface area contributed by atoms with Gasteiger partial charge >= 0.3 is 0 Å². The maximum absolute atomic E-state index is 11.3. The van der Waals surface area contributed by atoms with Crippen molar-refractivity contribution in [3.05, 3.63) is 11.5 Å². The molecule has 0 saturated carbocycles. The fraction of sp³-hybridized carbons (Fsp3) is 0.778. The molecule has 0 saturated heterocycles. The third-order valence-electron chi connectivity index (χ3n) is 2.09. The van der Waals surface area contributed by atoms with Gasteiger partial charge in [-0.2, -0.15) is 4.31 Å². The van der Waals surface area contributed by atoms with Crippen LogP contribution in [0.3, 0.4) is 0 Å². The van der Waals surface area contributed by atoms with Gasteiger partial charge in [-0.15, -0.1) is 0 Å². The van der Waals surface area contributed by atoms with Crippen LogP contribution in [0.5, 0.6) is 0 Å². The molecule has 0 bridgehead atoms. The summed E-state index contributed by atoms with van der Waals surface area (Å²) in [7, 11) is -0.975. The predicted molar refractivity (Wildman–Crippen MR) is 57.8 cm³/mol. The molecule has 76 valence electrons. The number of rotatable bonds is 5. The minimum Gasteiger partial charge on any atom is -0.238 e. The summed E-state index contributed by atoms with van der Waals surface area (Å²) in [5, 5.41) is 1.66. The first-order valence-corrected chi connectivity index (χ1v) is 6.36. The Morgan fingerprint density at radius 3 is 2.77 bits per heavy atom. The Bertz CT molecular complexity index is 208. The van der Waals surface area contributed by atoms with Crippen molar-refractivity contribution in [1.82, 2.24) is 4.31 Å². The number of unbranched alkanes of at least 4 members (excludes halogenated alkanes) is 3. The van der Waals surface area contributed by atoms with Gasteiger partial charge in [0.05, 0.1) is 0 Å². The van der Waals surface area contributed by atoms with E-state index in [9.17, 15) is 4.21 Å². The van der Waals surface area contributed by atoms with Gasteiger partial charge in [0.1, 0.15) is 16.5 Å². The zero-order valence-electron chi connectivity index (χ0n) is 7.91. The van der Waals surface area contributed by atoms with Gasteiger partial charge in [0.25, 0.3) is 0 Å². The normalized spacial score (nSPS) is 28.5. The van der Waals surface area contributed by atoms with Crippen molar-refractivity contribution in [3.8, 4) is 0 Å². The van der Waals surface area contributed by atoms with Crippen LogP contribution in [-0.2, 0) is 11.0 Å². The van der Waals surface area contributed by atoms with E-state index in [4.69, 9.17) is 11.6 Å². The van der Waals surface area contributed by atoms with Crippen molar-refractivity contribution in [3.63, 3.8) is 0 Å². The Kier molecular flexibility index (Phi) is 4.99. The molecule has 0 N–H and O–H groups in total. The Balaban J connectivity index is 2.18. The van der Waals surface area contributed by atoms with Crippen molar-refractivity contribution >= 4 is 22.6 Å². The van der Waals surface area contributed by atoms with E-state index in [1.54, 1.807) is 11.5 Å². The summed E-state index contributed by atoms with van der Waals surface area (Å²) >= 11 is 5.93. The highest BCUT2D eigenvalue weighted by Gasteiger charge is 2.22. The standard InChI is InChI=1S/C9H16ClNOS/c1-2-3-4-5-7-11-9(10)6-8-13(11)12/h6,8-9H,2-5,7H2,1H3. The minimum absolute atomic E-state index is 0.164. The zero-order valence-corrected chi connectivity index (χ0v) is 9.48. The molecule has 0 fully saturated rings. The van der Waals surface area contributed by atoms with E-state index in [0.717, 1.165) is 13.0 Å². The van der Waals surface area contributed by atoms with Gasteiger partial charge in [0, 0.05) is 12.0 Å². The van der Waals surface area contributed by atoms with Crippen LogP contribution in [0.15, 0.2) is 11.5 Å². The third kappa shape index (κ3) is 3.41. The number of nitrogens with zero attached hydrogens (tertiary/aromatic N) is 1. The quantitative estimate of drug-likeness (QED) is 0.397. The first-order chi connectivity index (χ1) is 6.25. The van der Waals surface area contributed by atoms with Crippen molar-refractivity contribution in [2.75, 3.05) is 6.54 Å². The summed E-state index contributed by atoms with van der Waals surface area (Å²) in [6, 6.07) is 0. The lowest BCUT2D eigenvalue weighted by Crippen LogP contribution is -2.27. The van der Waals surface area contributed by atoms with Crippen molar-refractivity contribution < 1.29 is 4.21 Å².